The molecule has 2 rings (SSSR count). The number of nitro benzene ring substituents is 2. The summed E-state index contributed by atoms with van der Waals surface area (Å²) in [4.78, 5) is 32.9. The number of nitrogens with zero attached hydrogens (tertiary/aromatic N) is 2. The van der Waals surface area contributed by atoms with E-state index in [1.54, 1.807) is 0 Å². The molecule has 1 aromatic carbocycles. The van der Waals surface area contributed by atoms with Crippen LogP contribution in [-0.2, 0) is 0 Å². The third-order valence-electron chi connectivity index (χ3n) is 2.34. The van der Waals surface area contributed by atoms with Crippen molar-refractivity contribution in [2.75, 3.05) is 0 Å². The summed E-state index contributed by atoms with van der Waals surface area (Å²) < 4.78 is 0. The monoisotopic (exact) mass is 251 g/mol. The van der Waals surface area contributed by atoms with Gasteiger partial charge < -0.3 is 10.1 Å². The molecule has 0 amide bonds. The molecule has 0 spiro atoms. The van der Waals surface area contributed by atoms with Crippen LogP contribution in [0.4, 0.5) is 11.4 Å². The van der Waals surface area contributed by atoms with Crippen LogP contribution in [-0.4, -0.2) is 19.9 Å². The average molecular weight is 251 g/mol. The fourth-order valence-electron chi connectivity index (χ4n) is 1.57. The molecular weight excluding hydrogens is 246 g/mol. The van der Waals surface area contributed by atoms with Crippen molar-refractivity contribution in [1.29, 1.82) is 0 Å². The minimum atomic E-state index is -0.938. The zero-order valence-corrected chi connectivity index (χ0v) is 8.61. The van der Waals surface area contributed by atoms with E-state index in [1.165, 1.54) is 0 Å². The molecule has 9 nitrogen and oxygen atoms in total. The van der Waals surface area contributed by atoms with Gasteiger partial charge in [-0.1, -0.05) is 0 Å². The SMILES string of the molecule is O=c1ccc2c(O)c([N+](=O)[O-])cc([N+](=O)[O-])c2[nH]1. The summed E-state index contributed by atoms with van der Waals surface area (Å²) in [6.07, 6.45) is 0. The smallest absolute Gasteiger partial charge is 0.318 e. The van der Waals surface area contributed by atoms with Gasteiger partial charge in [-0.15, -0.1) is 0 Å². The third kappa shape index (κ3) is 1.63. The first-order chi connectivity index (χ1) is 8.41. The van der Waals surface area contributed by atoms with E-state index < -0.39 is 32.5 Å². The number of phenols is 1. The quantitative estimate of drug-likeness (QED) is 0.603. The number of phenolic OH excluding ortho intramolecular Hbond substituents is 1. The molecule has 0 aliphatic rings. The average Bonchev–Trinajstić information content (AvgIpc) is 2.28. The van der Waals surface area contributed by atoms with Crippen molar-refractivity contribution in [2.45, 2.75) is 0 Å². The molecule has 0 aliphatic carbocycles. The largest absolute Gasteiger partial charge is 0.502 e. The van der Waals surface area contributed by atoms with E-state index in [0.29, 0.717) is 6.07 Å². The number of benzene rings is 1. The second-order valence-corrected chi connectivity index (χ2v) is 3.39. The van der Waals surface area contributed by atoms with E-state index >= 15 is 0 Å². The van der Waals surface area contributed by atoms with E-state index in [9.17, 15) is 30.1 Å². The number of nitro groups is 2. The molecule has 0 saturated carbocycles. The highest BCUT2D eigenvalue weighted by molar-refractivity contribution is 5.95. The molecule has 0 unspecified atom stereocenters. The second-order valence-electron chi connectivity index (χ2n) is 3.39. The highest BCUT2D eigenvalue weighted by Crippen LogP contribution is 2.38. The molecule has 9 heteroatoms. The number of non-ortho nitro benzene ring substituents is 1. The van der Waals surface area contributed by atoms with Crippen molar-refractivity contribution in [3.8, 4) is 5.75 Å². The van der Waals surface area contributed by atoms with Crippen LogP contribution < -0.4 is 5.56 Å². The highest BCUT2D eigenvalue weighted by atomic mass is 16.6. The number of hydrogen-bond donors (Lipinski definition) is 2. The maximum atomic E-state index is 11.1. The number of fused-ring (bicyclic) bond motifs is 1. The first-order valence-corrected chi connectivity index (χ1v) is 4.59. The van der Waals surface area contributed by atoms with Crippen LogP contribution in [0.15, 0.2) is 23.0 Å². The summed E-state index contributed by atoms with van der Waals surface area (Å²) in [5.41, 5.74) is -2.30. The number of rotatable bonds is 2. The molecule has 0 radical (unpaired) electrons. The first-order valence-electron chi connectivity index (χ1n) is 4.59. The fourth-order valence-corrected chi connectivity index (χ4v) is 1.57. The Morgan fingerprint density at radius 2 is 1.72 bits per heavy atom. The van der Waals surface area contributed by atoms with Crippen molar-refractivity contribution in [2.24, 2.45) is 0 Å². The number of aromatic hydroxyl groups is 1. The maximum Gasteiger partial charge on any atom is 0.318 e. The van der Waals surface area contributed by atoms with Crippen molar-refractivity contribution in [3.63, 3.8) is 0 Å². The van der Waals surface area contributed by atoms with Crippen LogP contribution in [0, 0.1) is 20.2 Å². The Morgan fingerprint density at radius 1 is 1.11 bits per heavy atom. The van der Waals surface area contributed by atoms with Crippen molar-refractivity contribution in [3.05, 3.63) is 48.8 Å². The minimum Gasteiger partial charge on any atom is -0.502 e. The van der Waals surface area contributed by atoms with Gasteiger partial charge in [0, 0.05) is 6.07 Å². The van der Waals surface area contributed by atoms with Gasteiger partial charge in [-0.25, -0.2) is 0 Å². The van der Waals surface area contributed by atoms with Gasteiger partial charge in [-0.3, -0.25) is 25.0 Å². The molecule has 1 heterocycles. The topological polar surface area (TPSA) is 139 Å². The second kappa shape index (κ2) is 3.80. The zero-order chi connectivity index (χ0) is 13.4. The molecule has 0 bridgehead atoms. The number of pyridine rings is 1. The van der Waals surface area contributed by atoms with Gasteiger partial charge in [0.25, 0.3) is 0 Å². The van der Waals surface area contributed by atoms with Gasteiger partial charge in [0.15, 0.2) is 0 Å². The van der Waals surface area contributed by atoms with Crippen LogP contribution in [0.1, 0.15) is 0 Å². The van der Waals surface area contributed by atoms with E-state index in [2.05, 4.69) is 4.98 Å². The van der Waals surface area contributed by atoms with Gasteiger partial charge in [0.2, 0.25) is 11.3 Å². The molecule has 0 fully saturated rings. The number of H-pyrrole nitrogens is 1. The van der Waals surface area contributed by atoms with Crippen molar-refractivity contribution in [1.82, 2.24) is 4.98 Å². The lowest BCUT2D eigenvalue weighted by atomic mass is 10.1. The Bertz CT molecular complexity index is 735. The molecule has 2 N–H and O–H groups in total. The predicted molar refractivity (Wildman–Crippen MR) is 59.5 cm³/mol. The van der Waals surface area contributed by atoms with Gasteiger partial charge >= 0.3 is 11.4 Å². The Morgan fingerprint density at radius 3 is 2.28 bits per heavy atom. The van der Waals surface area contributed by atoms with Crippen LogP contribution in [0.5, 0.6) is 5.75 Å². The fraction of sp³-hybridized carbons (Fsp3) is 0. The lowest BCUT2D eigenvalue weighted by molar-refractivity contribution is -0.393. The number of hydrogen-bond acceptors (Lipinski definition) is 6. The molecular formula is C9H5N3O6. The first kappa shape index (κ1) is 11.5. The molecule has 0 aliphatic heterocycles. The highest BCUT2D eigenvalue weighted by Gasteiger charge is 2.25. The van der Waals surface area contributed by atoms with Gasteiger partial charge in [0.1, 0.15) is 11.6 Å². The van der Waals surface area contributed by atoms with Crippen LogP contribution in [0.25, 0.3) is 10.9 Å². The van der Waals surface area contributed by atoms with E-state index in [-0.39, 0.29) is 10.9 Å². The summed E-state index contributed by atoms with van der Waals surface area (Å²) in [6, 6.07) is 2.70. The van der Waals surface area contributed by atoms with E-state index in [4.69, 9.17) is 0 Å². The summed E-state index contributed by atoms with van der Waals surface area (Å²) in [5.74, 6) is -0.725. The Hall–Kier alpha value is -2.97. The third-order valence-corrected chi connectivity index (χ3v) is 2.34. The zero-order valence-electron chi connectivity index (χ0n) is 8.61. The van der Waals surface area contributed by atoms with E-state index in [1.807, 2.05) is 0 Å². The maximum absolute atomic E-state index is 11.1. The Balaban J connectivity index is 3.01. The number of aromatic amines is 1. The Labute approximate surface area is 97.6 Å². The predicted octanol–water partition coefficient (Wildman–Crippen LogP) is 1.05. The molecule has 18 heavy (non-hydrogen) atoms. The minimum absolute atomic E-state index is 0.157. The number of nitrogens with one attached hydrogen (secondary N) is 1. The van der Waals surface area contributed by atoms with Crippen LogP contribution >= 0.6 is 0 Å². The molecule has 0 saturated heterocycles. The van der Waals surface area contributed by atoms with Gasteiger partial charge in [-0.05, 0) is 6.07 Å². The van der Waals surface area contributed by atoms with Crippen LogP contribution in [0.3, 0.4) is 0 Å². The van der Waals surface area contributed by atoms with Crippen LogP contribution in [0.2, 0.25) is 0 Å². The summed E-state index contributed by atoms with van der Waals surface area (Å²) >= 11 is 0. The molecule has 1 aromatic heterocycles. The normalized spacial score (nSPS) is 10.4. The number of aromatic nitrogens is 1. The van der Waals surface area contributed by atoms with Crippen molar-refractivity contribution >= 4 is 22.3 Å². The molecule has 0 atom stereocenters. The molecule has 92 valence electrons. The van der Waals surface area contributed by atoms with Gasteiger partial charge in [0.05, 0.1) is 15.2 Å². The lowest BCUT2D eigenvalue weighted by Gasteiger charge is -2.02. The summed E-state index contributed by atoms with van der Waals surface area (Å²) in [7, 11) is 0. The van der Waals surface area contributed by atoms with Gasteiger partial charge in [-0.2, -0.15) is 0 Å². The lowest BCUT2D eigenvalue weighted by Crippen LogP contribution is -2.05. The molecule has 2 aromatic rings. The van der Waals surface area contributed by atoms with E-state index in [0.717, 1.165) is 12.1 Å². The van der Waals surface area contributed by atoms with Crippen molar-refractivity contribution < 1.29 is 15.0 Å². The summed E-state index contributed by atoms with van der Waals surface area (Å²) in [6.45, 7) is 0. The summed E-state index contributed by atoms with van der Waals surface area (Å²) in [5, 5.41) is 30.9. The standard InChI is InChI=1S/C9H5N3O6/c13-7-2-1-4-8(10-7)5(11(15)16)3-6(9(4)14)12(17)18/h1-3,14H,(H,10,13). The Kier molecular flexibility index (Phi) is 2.43.